The Morgan fingerprint density at radius 1 is 1.14 bits per heavy atom. The van der Waals surface area contributed by atoms with E-state index in [1.54, 1.807) is 6.92 Å². The summed E-state index contributed by atoms with van der Waals surface area (Å²) in [5, 5.41) is 14.2. The zero-order chi connectivity index (χ0) is 15.6. The normalized spacial score (nSPS) is 10.2. The number of amides is 1. The first-order valence-corrected chi connectivity index (χ1v) is 6.65. The minimum absolute atomic E-state index is 0.144. The maximum atomic E-state index is 12.2. The molecule has 0 unspecified atom stereocenters. The lowest BCUT2D eigenvalue weighted by Crippen LogP contribution is -2.13. The molecule has 0 bridgehead atoms. The number of nitro groups is 1. The molecule has 0 fully saturated rings. The molecule has 0 aliphatic heterocycles. The first-order chi connectivity index (χ1) is 9.86. The molecular weight excluding hydrogens is 315 g/mol. The van der Waals surface area contributed by atoms with Gasteiger partial charge in [0.05, 0.1) is 4.92 Å². The average Bonchev–Trinajstić information content (AvgIpc) is 2.37. The SMILES string of the molecule is Cc1ccc([N+](=O)[O-])cc1C(=O)Nc1cc(Cl)cc(Cl)c1. The standard InChI is InChI=1S/C14H10Cl2N2O3/c1-8-2-3-12(18(20)21)7-13(8)14(19)17-11-5-9(15)4-10(16)6-11/h2-7H,1H3,(H,17,19). The van der Waals surface area contributed by atoms with Crippen LogP contribution in [-0.4, -0.2) is 10.8 Å². The average molecular weight is 325 g/mol. The van der Waals surface area contributed by atoms with Crippen molar-refractivity contribution in [2.75, 3.05) is 5.32 Å². The largest absolute Gasteiger partial charge is 0.322 e. The molecule has 2 aromatic carbocycles. The van der Waals surface area contributed by atoms with Crippen molar-refractivity contribution in [1.29, 1.82) is 0 Å². The molecule has 1 N–H and O–H groups in total. The molecule has 0 radical (unpaired) electrons. The van der Waals surface area contributed by atoms with Gasteiger partial charge in [-0.2, -0.15) is 0 Å². The number of benzene rings is 2. The number of carbonyl (C=O) groups is 1. The van der Waals surface area contributed by atoms with Crippen LogP contribution in [0.25, 0.3) is 0 Å². The van der Waals surface area contributed by atoms with Crippen molar-refractivity contribution in [3.05, 3.63) is 67.7 Å². The highest BCUT2D eigenvalue weighted by Crippen LogP contribution is 2.24. The molecule has 2 aromatic rings. The maximum absolute atomic E-state index is 12.2. The van der Waals surface area contributed by atoms with Crippen LogP contribution >= 0.6 is 23.2 Å². The van der Waals surface area contributed by atoms with Gasteiger partial charge in [-0.1, -0.05) is 29.3 Å². The summed E-state index contributed by atoms with van der Waals surface area (Å²) in [6, 6.07) is 8.73. The van der Waals surface area contributed by atoms with Gasteiger partial charge in [-0.3, -0.25) is 14.9 Å². The summed E-state index contributed by atoms with van der Waals surface area (Å²) < 4.78 is 0. The van der Waals surface area contributed by atoms with Crippen molar-refractivity contribution in [3.63, 3.8) is 0 Å². The van der Waals surface area contributed by atoms with Gasteiger partial charge in [-0.15, -0.1) is 0 Å². The van der Waals surface area contributed by atoms with Gasteiger partial charge in [-0.05, 0) is 30.7 Å². The van der Waals surface area contributed by atoms with Gasteiger partial charge in [-0.25, -0.2) is 0 Å². The fourth-order valence-electron chi connectivity index (χ4n) is 1.79. The number of hydrogen-bond acceptors (Lipinski definition) is 3. The lowest BCUT2D eigenvalue weighted by Gasteiger charge is -2.08. The molecule has 108 valence electrons. The van der Waals surface area contributed by atoms with Crippen LogP contribution < -0.4 is 5.32 Å². The van der Waals surface area contributed by atoms with Crippen molar-refractivity contribution in [1.82, 2.24) is 0 Å². The number of non-ortho nitro benzene ring substituents is 1. The van der Waals surface area contributed by atoms with Crippen molar-refractivity contribution in [2.45, 2.75) is 6.92 Å². The molecule has 0 saturated carbocycles. The summed E-state index contributed by atoms with van der Waals surface area (Å²) in [4.78, 5) is 22.4. The van der Waals surface area contributed by atoms with Crippen LogP contribution in [0.3, 0.4) is 0 Å². The van der Waals surface area contributed by atoms with E-state index in [0.717, 1.165) is 0 Å². The lowest BCUT2D eigenvalue weighted by molar-refractivity contribution is -0.384. The number of hydrogen-bond donors (Lipinski definition) is 1. The molecule has 0 heterocycles. The van der Waals surface area contributed by atoms with Crippen molar-refractivity contribution < 1.29 is 9.72 Å². The third-order valence-electron chi connectivity index (χ3n) is 2.80. The molecule has 0 aliphatic rings. The van der Waals surface area contributed by atoms with Crippen LogP contribution in [0.2, 0.25) is 10.0 Å². The van der Waals surface area contributed by atoms with Crippen LogP contribution in [0.5, 0.6) is 0 Å². The number of carbonyl (C=O) groups excluding carboxylic acids is 1. The van der Waals surface area contributed by atoms with Crippen LogP contribution in [0, 0.1) is 17.0 Å². The lowest BCUT2D eigenvalue weighted by atomic mass is 10.1. The zero-order valence-electron chi connectivity index (χ0n) is 10.9. The molecule has 7 heteroatoms. The number of nitro benzene ring substituents is 1. The van der Waals surface area contributed by atoms with Crippen molar-refractivity contribution in [3.8, 4) is 0 Å². The van der Waals surface area contributed by atoms with E-state index in [1.165, 1.54) is 36.4 Å². The summed E-state index contributed by atoms with van der Waals surface area (Å²) >= 11 is 11.7. The Morgan fingerprint density at radius 2 is 1.76 bits per heavy atom. The number of aryl methyl sites for hydroxylation is 1. The number of nitrogens with zero attached hydrogens (tertiary/aromatic N) is 1. The minimum atomic E-state index is -0.549. The second kappa shape index (κ2) is 6.11. The Hall–Kier alpha value is -2.11. The van der Waals surface area contributed by atoms with Crippen LogP contribution in [-0.2, 0) is 0 Å². The number of rotatable bonds is 3. The minimum Gasteiger partial charge on any atom is -0.322 e. The highest BCUT2D eigenvalue weighted by Gasteiger charge is 2.15. The van der Waals surface area contributed by atoms with Gasteiger partial charge >= 0.3 is 0 Å². The summed E-state index contributed by atoms with van der Waals surface area (Å²) in [7, 11) is 0. The maximum Gasteiger partial charge on any atom is 0.270 e. The first kappa shape index (κ1) is 15.3. The molecule has 1 amide bonds. The molecule has 21 heavy (non-hydrogen) atoms. The number of halogens is 2. The van der Waals surface area contributed by atoms with E-state index in [2.05, 4.69) is 5.32 Å². The van der Waals surface area contributed by atoms with E-state index in [4.69, 9.17) is 23.2 Å². The van der Waals surface area contributed by atoms with Crippen LogP contribution in [0.1, 0.15) is 15.9 Å². The summed E-state index contributed by atoms with van der Waals surface area (Å²) in [6.07, 6.45) is 0. The van der Waals surface area contributed by atoms with Gasteiger partial charge in [0.1, 0.15) is 0 Å². The Bertz CT molecular complexity index is 712. The third-order valence-corrected chi connectivity index (χ3v) is 3.23. The predicted molar refractivity (Wildman–Crippen MR) is 82.2 cm³/mol. The number of anilines is 1. The van der Waals surface area contributed by atoms with Gasteiger partial charge in [0.15, 0.2) is 0 Å². The summed E-state index contributed by atoms with van der Waals surface area (Å²) in [5.41, 5.74) is 1.13. The second-order valence-corrected chi connectivity index (χ2v) is 5.24. The highest BCUT2D eigenvalue weighted by atomic mass is 35.5. The Balaban J connectivity index is 2.31. The second-order valence-electron chi connectivity index (χ2n) is 4.37. The van der Waals surface area contributed by atoms with Gasteiger partial charge < -0.3 is 5.32 Å². The van der Waals surface area contributed by atoms with Crippen LogP contribution in [0.4, 0.5) is 11.4 Å². The molecule has 0 atom stereocenters. The fourth-order valence-corrected chi connectivity index (χ4v) is 2.32. The first-order valence-electron chi connectivity index (χ1n) is 5.89. The molecule has 0 spiro atoms. The third kappa shape index (κ3) is 3.71. The Morgan fingerprint density at radius 3 is 2.33 bits per heavy atom. The number of nitrogens with one attached hydrogen (secondary N) is 1. The monoisotopic (exact) mass is 324 g/mol. The predicted octanol–water partition coefficient (Wildman–Crippen LogP) is 4.46. The van der Waals surface area contributed by atoms with E-state index < -0.39 is 10.8 Å². The van der Waals surface area contributed by atoms with Crippen molar-refractivity contribution in [2.24, 2.45) is 0 Å². The Kier molecular flexibility index (Phi) is 4.45. The van der Waals surface area contributed by atoms with Crippen LogP contribution in [0.15, 0.2) is 36.4 Å². The van der Waals surface area contributed by atoms with E-state index in [9.17, 15) is 14.9 Å². The molecule has 0 aliphatic carbocycles. The molecule has 0 aromatic heterocycles. The van der Waals surface area contributed by atoms with E-state index in [-0.39, 0.29) is 11.3 Å². The zero-order valence-corrected chi connectivity index (χ0v) is 12.4. The van der Waals surface area contributed by atoms with E-state index in [0.29, 0.717) is 21.3 Å². The highest BCUT2D eigenvalue weighted by molar-refractivity contribution is 6.35. The van der Waals surface area contributed by atoms with Gasteiger partial charge in [0.2, 0.25) is 0 Å². The molecule has 2 rings (SSSR count). The fraction of sp³-hybridized carbons (Fsp3) is 0.0714. The summed E-state index contributed by atoms with van der Waals surface area (Å²) in [5.74, 6) is -0.463. The van der Waals surface area contributed by atoms with E-state index in [1.807, 2.05) is 0 Å². The Labute approximate surface area is 130 Å². The van der Waals surface area contributed by atoms with Gasteiger partial charge in [0.25, 0.3) is 11.6 Å². The van der Waals surface area contributed by atoms with Gasteiger partial charge in [0, 0.05) is 33.4 Å². The molecule has 5 nitrogen and oxygen atoms in total. The summed E-state index contributed by atoms with van der Waals surface area (Å²) in [6.45, 7) is 1.70. The molecule has 0 saturated heterocycles. The molecular formula is C14H10Cl2N2O3. The smallest absolute Gasteiger partial charge is 0.270 e. The van der Waals surface area contributed by atoms with Crippen molar-refractivity contribution >= 4 is 40.5 Å². The topological polar surface area (TPSA) is 72.2 Å². The van der Waals surface area contributed by atoms with E-state index >= 15 is 0 Å². The quantitative estimate of drug-likeness (QED) is 0.669.